The van der Waals surface area contributed by atoms with Crippen LogP contribution in [0.3, 0.4) is 0 Å². The number of benzene rings is 3. The molecule has 2 amide bonds. The van der Waals surface area contributed by atoms with E-state index in [1.807, 2.05) is 74.5 Å². The van der Waals surface area contributed by atoms with Crippen molar-refractivity contribution in [3.8, 4) is 11.5 Å². The summed E-state index contributed by atoms with van der Waals surface area (Å²) in [5.41, 5.74) is 2.85. The molecule has 3 aromatic rings. The van der Waals surface area contributed by atoms with Crippen LogP contribution in [0.5, 0.6) is 11.5 Å². The van der Waals surface area contributed by atoms with Gasteiger partial charge in [-0.15, -0.1) is 0 Å². The Morgan fingerprint density at radius 2 is 1.53 bits per heavy atom. The van der Waals surface area contributed by atoms with Gasteiger partial charge in [0.05, 0.1) is 14.2 Å². The van der Waals surface area contributed by atoms with Gasteiger partial charge in [-0.05, 0) is 53.3 Å². The summed E-state index contributed by atoms with van der Waals surface area (Å²) in [5.74, 6) is 1.29. The molecule has 7 heteroatoms. The molecule has 0 fully saturated rings. The van der Waals surface area contributed by atoms with Crippen LogP contribution >= 0.6 is 11.6 Å². The summed E-state index contributed by atoms with van der Waals surface area (Å²) in [7, 11) is 3.18. The van der Waals surface area contributed by atoms with Gasteiger partial charge in [0.15, 0.2) is 11.5 Å². The lowest BCUT2D eigenvalue weighted by Gasteiger charge is -2.32. The predicted octanol–water partition coefficient (Wildman–Crippen LogP) is 5.70. The monoisotopic (exact) mass is 536 g/mol. The molecule has 0 aromatic heterocycles. The van der Waals surface area contributed by atoms with Crippen molar-refractivity contribution in [1.82, 2.24) is 10.2 Å². The maximum absolute atomic E-state index is 13.8. The van der Waals surface area contributed by atoms with Gasteiger partial charge >= 0.3 is 0 Å². The molecule has 0 radical (unpaired) electrons. The number of methoxy groups -OCH3 is 2. The number of halogens is 1. The molecule has 0 saturated carbocycles. The Morgan fingerprint density at radius 1 is 0.868 bits per heavy atom. The van der Waals surface area contributed by atoms with Crippen LogP contribution in [0.2, 0.25) is 5.02 Å². The second kappa shape index (κ2) is 14.4. The molecule has 3 aromatic carbocycles. The van der Waals surface area contributed by atoms with Gasteiger partial charge in [-0.3, -0.25) is 9.59 Å². The molecular formula is C31H37ClN2O4. The second-order valence-electron chi connectivity index (χ2n) is 9.68. The molecule has 3 rings (SSSR count). The first kappa shape index (κ1) is 29.1. The topological polar surface area (TPSA) is 67.9 Å². The Hall–Kier alpha value is -3.51. The Labute approximate surface area is 230 Å². The number of aryl methyl sites for hydroxylation is 1. The average Bonchev–Trinajstić information content (AvgIpc) is 2.93. The van der Waals surface area contributed by atoms with Crippen LogP contribution in [0.4, 0.5) is 0 Å². The van der Waals surface area contributed by atoms with E-state index in [-0.39, 0.29) is 18.2 Å². The van der Waals surface area contributed by atoms with Gasteiger partial charge in [0.2, 0.25) is 11.8 Å². The molecule has 0 bridgehead atoms. The lowest BCUT2D eigenvalue weighted by molar-refractivity contribution is -0.141. The summed E-state index contributed by atoms with van der Waals surface area (Å²) in [6.45, 7) is 4.94. The van der Waals surface area contributed by atoms with Crippen molar-refractivity contribution in [3.05, 3.63) is 94.5 Å². The average molecular weight is 537 g/mol. The standard InChI is InChI=1S/C31H37ClN2O4/c1-22(2)20-33-31(36)27(18-23-8-6-5-7-9-23)34(21-25-10-14-26(32)15-11-25)30(35)17-13-24-12-16-28(37-3)29(19-24)38-4/h5-12,14-16,19,22,27H,13,17-18,20-21H2,1-4H3,(H,33,36). The first-order valence-corrected chi connectivity index (χ1v) is 13.2. The molecule has 1 unspecified atom stereocenters. The summed E-state index contributed by atoms with van der Waals surface area (Å²) in [6, 6.07) is 22.2. The SMILES string of the molecule is COc1ccc(CCC(=O)N(Cc2ccc(Cl)cc2)C(Cc2ccccc2)C(=O)NCC(C)C)cc1OC. The maximum atomic E-state index is 13.8. The number of carbonyl (C=O) groups is 2. The minimum Gasteiger partial charge on any atom is -0.493 e. The third-order valence-corrected chi connectivity index (χ3v) is 6.55. The van der Waals surface area contributed by atoms with Crippen LogP contribution in [-0.2, 0) is 29.0 Å². The highest BCUT2D eigenvalue weighted by Crippen LogP contribution is 2.28. The van der Waals surface area contributed by atoms with E-state index in [1.165, 1.54) is 0 Å². The predicted molar refractivity (Wildman–Crippen MR) is 152 cm³/mol. The highest BCUT2D eigenvalue weighted by Gasteiger charge is 2.30. The first-order chi connectivity index (χ1) is 18.3. The van der Waals surface area contributed by atoms with Gasteiger partial charge in [0.25, 0.3) is 0 Å². The molecule has 38 heavy (non-hydrogen) atoms. The lowest BCUT2D eigenvalue weighted by atomic mass is 10.0. The number of hydrogen-bond acceptors (Lipinski definition) is 4. The summed E-state index contributed by atoms with van der Waals surface area (Å²) in [4.78, 5) is 29.0. The minimum absolute atomic E-state index is 0.102. The van der Waals surface area contributed by atoms with Gasteiger partial charge in [-0.25, -0.2) is 0 Å². The van der Waals surface area contributed by atoms with E-state index in [9.17, 15) is 9.59 Å². The number of hydrogen-bond donors (Lipinski definition) is 1. The van der Waals surface area contributed by atoms with Crippen molar-refractivity contribution >= 4 is 23.4 Å². The Bertz CT molecular complexity index is 1180. The molecule has 1 N–H and O–H groups in total. The zero-order valence-electron chi connectivity index (χ0n) is 22.6. The summed E-state index contributed by atoms with van der Waals surface area (Å²) >= 11 is 6.10. The number of amides is 2. The van der Waals surface area contributed by atoms with E-state index in [0.717, 1.165) is 16.7 Å². The molecule has 1 atom stereocenters. The molecule has 0 saturated heterocycles. The van der Waals surface area contributed by atoms with Crippen LogP contribution in [0.1, 0.15) is 37.0 Å². The number of nitrogens with one attached hydrogen (secondary N) is 1. The highest BCUT2D eigenvalue weighted by molar-refractivity contribution is 6.30. The van der Waals surface area contributed by atoms with Gasteiger partial charge in [-0.2, -0.15) is 0 Å². The summed E-state index contributed by atoms with van der Waals surface area (Å²) in [6.07, 6.45) is 1.16. The maximum Gasteiger partial charge on any atom is 0.243 e. The number of rotatable bonds is 13. The van der Waals surface area contributed by atoms with Crippen molar-refractivity contribution in [2.24, 2.45) is 5.92 Å². The van der Waals surface area contributed by atoms with Crippen molar-refractivity contribution in [2.75, 3.05) is 20.8 Å². The van der Waals surface area contributed by atoms with Crippen molar-refractivity contribution in [3.63, 3.8) is 0 Å². The smallest absolute Gasteiger partial charge is 0.243 e. The van der Waals surface area contributed by atoms with E-state index in [2.05, 4.69) is 5.32 Å². The molecule has 202 valence electrons. The fourth-order valence-corrected chi connectivity index (χ4v) is 4.32. The molecular weight excluding hydrogens is 500 g/mol. The Morgan fingerprint density at radius 3 is 2.16 bits per heavy atom. The first-order valence-electron chi connectivity index (χ1n) is 12.9. The molecule has 0 aliphatic heterocycles. The fraction of sp³-hybridized carbons (Fsp3) is 0.355. The molecule has 0 aliphatic rings. The van der Waals surface area contributed by atoms with Gasteiger partial charge in [0, 0.05) is 31.0 Å². The normalized spacial score (nSPS) is 11.6. The third-order valence-electron chi connectivity index (χ3n) is 6.30. The van der Waals surface area contributed by atoms with Crippen molar-refractivity contribution < 1.29 is 19.1 Å². The third kappa shape index (κ3) is 8.52. The van der Waals surface area contributed by atoms with Crippen LogP contribution in [0.25, 0.3) is 0 Å². The highest BCUT2D eigenvalue weighted by atomic mass is 35.5. The zero-order valence-corrected chi connectivity index (χ0v) is 23.3. The van der Waals surface area contributed by atoms with Crippen molar-refractivity contribution in [1.29, 1.82) is 0 Å². The van der Waals surface area contributed by atoms with Crippen LogP contribution in [0.15, 0.2) is 72.8 Å². The number of carbonyl (C=O) groups excluding carboxylic acids is 2. The van der Waals surface area contributed by atoms with Gasteiger partial charge in [-0.1, -0.05) is 74.0 Å². The Kier molecular flexibility index (Phi) is 11.0. The number of nitrogens with zero attached hydrogens (tertiary/aromatic N) is 1. The van der Waals surface area contributed by atoms with Crippen LogP contribution in [0, 0.1) is 5.92 Å². The largest absolute Gasteiger partial charge is 0.493 e. The zero-order chi connectivity index (χ0) is 27.5. The molecule has 0 aliphatic carbocycles. The summed E-state index contributed by atoms with van der Waals surface area (Å²) < 4.78 is 10.7. The minimum atomic E-state index is -0.662. The number of ether oxygens (including phenoxy) is 2. The van der Waals surface area contributed by atoms with Crippen LogP contribution in [-0.4, -0.2) is 43.5 Å². The fourth-order valence-electron chi connectivity index (χ4n) is 4.19. The Balaban J connectivity index is 1.89. The lowest BCUT2D eigenvalue weighted by Crippen LogP contribution is -2.51. The molecule has 0 spiro atoms. The van der Waals surface area contributed by atoms with E-state index in [4.69, 9.17) is 21.1 Å². The van der Waals surface area contributed by atoms with Crippen molar-refractivity contribution in [2.45, 2.75) is 45.7 Å². The second-order valence-corrected chi connectivity index (χ2v) is 10.1. The quantitative estimate of drug-likeness (QED) is 0.304. The van der Waals surface area contributed by atoms with E-state index >= 15 is 0 Å². The molecule has 6 nitrogen and oxygen atoms in total. The van der Waals surface area contributed by atoms with Gasteiger partial charge < -0.3 is 19.7 Å². The van der Waals surface area contributed by atoms with Crippen LogP contribution < -0.4 is 14.8 Å². The van der Waals surface area contributed by atoms with E-state index < -0.39 is 6.04 Å². The van der Waals surface area contributed by atoms with E-state index in [1.54, 1.807) is 31.3 Å². The summed E-state index contributed by atoms with van der Waals surface area (Å²) in [5, 5.41) is 3.67. The molecule has 0 heterocycles. The van der Waals surface area contributed by atoms with Gasteiger partial charge in [0.1, 0.15) is 6.04 Å². The van der Waals surface area contributed by atoms with E-state index in [0.29, 0.717) is 48.4 Å².